The Balaban J connectivity index is 1.49. The molecule has 2 amide bonds. The molecular weight excluding hydrogens is 443 g/mol. The number of nitrogens with zero attached hydrogens (tertiary/aromatic N) is 1. The fourth-order valence-corrected chi connectivity index (χ4v) is 4.69. The van der Waals surface area contributed by atoms with Gasteiger partial charge in [0.15, 0.2) is 0 Å². The van der Waals surface area contributed by atoms with Crippen LogP contribution in [0, 0.1) is 13.8 Å². The Kier molecular flexibility index (Phi) is 5.51. The molecule has 30 heavy (non-hydrogen) atoms. The summed E-state index contributed by atoms with van der Waals surface area (Å²) in [5.41, 5.74) is 3.18. The molecule has 0 spiro atoms. The van der Waals surface area contributed by atoms with Crippen molar-refractivity contribution in [1.29, 1.82) is 0 Å². The zero-order valence-electron chi connectivity index (χ0n) is 16.0. The molecule has 0 aliphatic heterocycles. The molecule has 6 nitrogen and oxygen atoms in total. The number of amides is 2. The third-order valence-electron chi connectivity index (χ3n) is 4.57. The number of carbonyl (C=O) groups excluding carboxylic acids is 2. The summed E-state index contributed by atoms with van der Waals surface area (Å²) < 4.78 is 0.842. The number of hydrogen-bond donors (Lipinski definition) is 3. The van der Waals surface area contributed by atoms with Gasteiger partial charge in [0, 0.05) is 26.4 Å². The first-order chi connectivity index (χ1) is 14.3. The zero-order chi connectivity index (χ0) is 21.4. The number of benzene rings is 2. The predicted molar refractivity (Wildman–Crippen MR) is 122 cm³/mol. The van der Waals surface area contributed by atoms with E-state index < -0.39 is 0 Å². The minimum atomic E-state index is -0.320. The van der Waals surface area contributed by atoms with Gasteiger partial charge >= 0.3 is 0 Å². The lowest BCUT2D eigenvalue weighted by atomic mass is 10.2. The highest BCUT2D eigenvalue weighted by Gasteiger charge is 2.18. The number of aromatic amines is 1. The van der Waals surface area contributed by atoms with Gasteiger partial charge in [-0.05, 0) is 50.2 Å². The standard InChI is InChI=1S/C21H16Cl2N4O2S/c1-10-18(11(2)27-26-10)25-20(28)12-3-6-14(7-4-12)24-21(29)19-17(23)15-8-5-13(22)9-16(15)30-19/h3-9H,1-2H3,(H,24,29)(H,25,28)(H,26,27). The lowest BCUT2D eigenvalue weighted by molar-refractivity contribution is 0.102. The smallest absolute Gasteiger partial charge is 0.267 e. The fourth-order valence-electron chi connectivity index (χ4n) is 3.00. The minimum absolute atomic E-state index is 0.259. The largest absolute Gasteiger partial charge is 0.321 e. The first-order valence-corrected chi connectivity index (χ1v) is 10.5. The van der Waals surface area contributed by atoms with Crippen LogP contribution in [0.25, 0.3) is 10.1 Å². The summed E-state index contributed by atoms with van der Waals surface area (Å²) in [5, 5.41) is 14.3. The van der Waals surface area contributed by atoms with Crippen molar-refractivity contribution in [3.8, 4) is 0 Å². The Morgan fingerprint density at radius 3 is 2.40 bits per heavy atom. The molecule has 2 aromatic carbocycles. The SMILES string of the molecule is Cc1n[nH]c(C)c1NC(=O)c1ccc(NC(=O)c2sc3cc(Cl)ccc3c2Cl)cc1. The van der Waals surface area contributed by atoms with Crippen LogP contribution >= 0.6 is 34.5 Å². The van der Waals surface area contributed by atoms with Crippen LogP contribution in [0.1, 0.15) is 31.4 Å². The topological polar surface area (TPSA) is 86.9 Å². The number of hydrogen-bond acceptors (Lipinski definition) is 4. The summed E-state index contributed by atoms with van der Waals surface area (Å²) >= 11 is 13.7. The van der Waals surface area contributed by atoms with E-state index in [1.165, 1.54) is 11.3 Å². The Morgan fingerprint density at radius 2 is 1.73 bits per heavy atom. The molecule has 0 saturated carbocycles. The molecule has 2 heterocycles. The quantitative estimate of drug-likeness (QED) is 0.347. The highest BCUT2D eigenvalue weighted by molar-refractivity contribution is 7.21. The van der Waals surface area contributed by atoms with Crippen LogP contribution in [0.4, 0.5) is 11.4 Å². The van der Waals surface area contributed by atoms with E-state index in [0.29, 0.717) is 37.6 Å². The summed E-state index contributed by atoms with van der Waals surface area (Å²) in [6.07, 6.45) is 0. The van der Waals surface area contributed by atoms with Crippen molar-refractivity contribution in [3.05, 3.63) is 74.3 Å². The molecule has 2 aromatic heterocycles. The molecule has 3 N–H and O–H groups in total. The van der Waals surface area contributed by atoms with E-state index in [-0.39, 0.29) is 11.8 Å². The van der Waals surface area contributed by atoms with E-state index in [1.54, 1.807) is 42.5 Å². The lowest BCUT2D eigenvalue weighted by Crippen LogP contribution is -2.14. The van der Waals surface area contributed by atoms with E-state index in [2.05, 4.69) is 20.8 Å². The van der Waals surface area contributed by atoms with Crippen molar-refractivity contribution in [3.63, 3.8) is 0 Å². The number of anilines is 2. The third kappa shape index (κ3) is 3.92. The van der Waals surface area contributed by atoms with Gasteiger partial charge in [-0.1, -0.05) is 29.3 Å². The van der Waals surface area contributed by atoms with Crippen LogP contribution in [0.3, 0.4) is 0 Å². The lowest BCUT2D eigenvalue weighted by Gasteiger charge is -2.07. The molecule has 152 valence electrons. The molecule has 0 atom stereocenters. The Morgan fingerprint density at radius 1 is 1.00 bits per heavy atom. The Labute approximate surface area is 186 Å². The number of thiophene rings is 1. The number of aromatic nitrogens is 2. The molecule has 0 unspecified atom stereocenters. The summed E-state index contributed by atoms with van der Waals surface area (Å²) in [5.74, 6) is -0.580. The first kappa shape index (κ1) is 20.4. The molecule has 0 bridgehead atoms. The van der Waals surface area contributed by atoms with Gasteiger partial charge in [0.2, 0.25) is 0 Å². The van der Waals surface area contributed by atoms with E-state index in [4.69, 9.17) is 23.2 Å². The monoisotopic (exact) mass is 458 g/mol. The third-order valence-corrected chi connectivity index (χ3v) is 6.46. The number of aryl methyl sites for hydroxylation is 2. The van der Waals surface area contributed by atoms with E-state index >= 15 is 0 Å². The van der Waals surface area contributed by atoms with Crippen LogP contribution in [-0.4, -0.2) is 22.0 Å². The highest BCUT2D eigenvalue weighted by Crippen LogP contribution is 2.37. The molecule has 0 radical (unpaired) electrons. The van der Waals surface area contributed by atoms with Gasteiger partial charge < -0.3 is 10.6 Å². The summed E-state index contributed by atoms with van der Waals surface area (Å²) in [7, 11) is 0. The molecule has 0 saturated heterocycles. The summed E-state index contributed by atoms with van der Waals surface area (Å²) in [6, 6.07) is 11.9. The van der Waals surface area contributed by atoms with E-state index in [0.717, 1.165) is 15.8 Å². The van der Waals surface area contributed by atoms with Gasteiger partial charge in [-0.15, -0.1) is 11.3 Å². The van der Waals surface area contributed by atoms with Crippen molar-refractivity contribution in [2.24, 2.45) is 0 Å². The minimum Gasteiger partial charge on any atom is -0.321 e. The van der Waals surface area contributed by atoms with Gasteiger partial charge in [-0.2, -0.15) is 5.10 Å². The van der Waals surface area contributed by atoms with Crippen LogP contribution < -0.4 is 10.6 Å². The second-order valence-electron chi connectivity index (χ2n) is 6.68. The van der Waals surface area contributed by atoms with Crippen molar-refractivity contribution in [2.75, 3.05) is 10.6 Å². The van der Waals surface area contributed by atoms with Gasteiger partial charge in [0.25, 0.3) is 11.8 Å². The predicted octanol–water partition coefficient (Wildman–Crippen LogP) is 6.05. The van der Waals surface area contributed by atoms with E-state index in [9.17, 15) is 9.59 Å². The van der Waals surface area contributed by atoms with Gasteiger partial charge in [0.05, 0.1) is 22.1 Å². The van der Waals surface area contributed by atoms with Crippen molar-refractivity contribution >= 4 is 67.8 Å². The number of rotatable bonds is 4. The normalized spacial score (nSPS) is 10.9. The average Bonchev–Trinajstić information content (AvgIpc) is 3.22. The highest BCUT2D eigenvalue weighted by atomic mass is 35.5. The maximum atomic E-state index is 12.7. The average molecular weight is 459 g/mol. The maximum Gasteiger partial charge on any atom is 0.267 e. The number of H-pyrrole nitrogens is 1. The van der Waals surface area contributed by atoms with E-state index in [1.807, 2.05) is 13.8 Å². The number of nitrogens with one attached hydrogen (secondary N) is 3. The van der Waals surface area contributed by atoms with Gasteiger partial charge in [0.1, 0.15) is 4.88 Å². The number of halogens is 2. The second-order valence-corrected chi connectivity index (χ2v) is 8.55. The maximum absolute atomic E-state index is 12.7. The van der Waals surface area contributed by atoms with Crippen molar-refractivity contribution < 1.29 is 9.59 Å². The van der Waals surface area contributed by atoms with Gasteiger partial charge in [-0.25, -0.2) is 0 Å². The summed E-state index contributed by atoms with van der Waals surface area (Å²) in [6.45, 7) is 3.64. The Bertz CT molecular complexity index is 1260. The second kappa shape index (κ2) is 8.10. The zero-order valence-corrected chi connectivity index (χ0v) is 18.3. The van der Waals surface area contributed by atoms with Crippen LogP contribution in [-0.2, 0) is 0 Å². The molecule has 9 heteroatoms. The fraction of sp³-hybridized carbons (Fsp3) is 0.0952. The molecule has 4 aromatic rings. The van der Waals surface area contributed by atoms with Crippen LogP contribution in [0.15, 0.2) is 42.5 Å². The Hall–Kier alpha value is -2.87. The van der Waals surface area contributed by atoms with Crippen molar-refractivity contribution in [1.82, 2.24) is 10.2 Å². The number of carbonyl (C=O) groups is 2. The molecular formula is C21H16Cl2N4O2S. The van der Waals surface area contributed by atoms with Crippen molar-refractivity contribution in [2.45, 2.75) is 13.8 Å². The molecule has 4 rings (SSSR count). The first-order valence-electron chi connectivity index (χ1n) is 8.95. The van der Waals surface area contributed by atoms with Gasteiger partial charge in [-0.3, -0.25) is 14.7 Å². The molecule has 0 aliphatic rings. The van der Waals surface area contributed by atoms with Crippen LogP contribution in [0.5, 0.6) is 0 Å². The molecule has 0 aliphatic carbocycles. The van der Waals surface area contributed by atoms with Crippen LogP contribution in [0.2, 0.25) is 10.0 Å². The summed E-state index contributed by atoms with van der Waals surface area (Å²) in [4.78, 5) is 25.6. The number of fused-ring (bicyclic) bond motifs is 1. The molecule has 0 fully saturated rings.